The van der Waals surface area contributed by atoms with E-state index in [2.05, 4.69) is 48.4 Å². The summed E-state index contributed by atoms with van der Waals surface area (Å²) in [5, 5.41) is 6.55. The van der Waals surface area contributed by atoms with Gasteiger partial charge < -0.3 is 5.32 Å². The molecule has 0 spiro atoms. The zero-order valence-electron chi connectivity index (χ0n) is 12.5. The fraction of sp³-hybridized carbons (Fsp3) is 0.571. The first-order valence-electron chi connectivity index (χ1n) is 6.98. The molecule has 4 N–H and O–H groups in total. The number of nitrogens with two attached hydrogens (primary N) is 1. The standard InChI is InChI=1S/C14H23N5S/c1-8(2)11(9(3)4)7-16-12-10-5-6-20-13(10)18-14(17-12)19-15/h5-6,8-9,11H,7,15H2,1-4H3,(H2,16,17,18,19). The van der Waals surface area contributed by atoms with Gasteiger partial charge in [-0.3, -0.25) is 5.43 Å². The van der Waals surface area contributed by atoms with E-state index in [0.29, 0.717) is 23.7 Å². The van der Waals surface area contributed by atoms with Crippen LogP contribution >= 0.6 is 11.3 Å². The molecule has 0 fully saturated rings. The van der Waals surface area contributed by atoms with Gasteiger partial charge in [0.2, 0.25) is 5.95 Å². The molecule has 6 heteroatoms. The summed E-state index contributed by atoms with van der Waals surface area (Å²) in [6.45, 7) is 9.96. The van der Waals surface area contributed by atoms with Crippen LogP contribution in [0.5, 0.6) is 0 Å². The van der Waals surface area contributed by atoms with Crippen molar-refractivity contribution in [3.8, 4) is 0 Å². The normalized spacial score (nSPS) is 11.8. The Balaban J connectivity index is 2.22. The van der Waals surface area contributed by atoms with Crippen LogP contribution in [0.15, 0.2) is 11.4 Å². The van der Waals surface area contributed by atoms with E-state index in [9.17, 15) is 0 Å². The SMILES string of the molecule is CC(C)C(CNc1nc(NN)nc2sccc12)C(C)C. The van der Waals surface area contributed by atoms with Crippen molar-refractivity contribution in [3.63, 3.8) is 0 Å². The number of hydrogen-bond donors (Lipinski definition) is 3. The molecule has 0 amide bonds. The van der Waals surface area contributed by atoms with Crippen molar-refractivity contribution < 1.29 is 0 Å². The molecule has 0 aromatic carbocycles. The van der Waals surface area contributed by atoms with E-state index in [1.165, 1.54) is 0 Å². The van der Waals surface area contributed by atoms with Crippen molar-refractivity contribution in [2.24, 2.45) is 23.6 Å². The minimum Gasteiger partial charge on any atom is -0.369 e. The molecule has 20 heavy (non-hydrogen) atoms. The van der Waals surface area contributed by atoms with Gasteiger partial charge in [-0.15, -0.1) is 11.3 Å². The predicted molar refractivity (Wildman–Crippen MR) is 86.9 cm³/mol. The number of thiophene rings is 1. The van der Waals surface area contributed by atoms with E-state index in [-0.39, 0.29) is 0 Å². The van der Waals surface area contributed by atoms with E-state index in [0.717, 1.165) is 22.6 Å². The van der Waals surface area contributed by atoms with Gasteiger partial charge in [-0.1, -0.05) is 27.7 Å². The summed E-state index contributed by atoms with van der Waals surface area (Å²) in [7, 11) is 0. The number of nitrogens with zero attached hydrogens (tertiary/aromatic N) is 2. The second-order valence-corrected chi connectivity index (χ2v) is 6.61. The summed E-state index contributed by atoms with van der Waals surface area (Å²) in [6.07, 6.45) is 0. The van der Waals surface area contributed by atoms with Gasteiger partial charge in [-0.05, 0) is 29.2 Å². The van der Waals surface area contributed by atoms with Crippen LogP contribution in [0.25, 0.3) is 10.2 Å². The number of hydrogen-bond acceptors (Lipinski definition) is 6. The Morgan fingerprint density at radius 2 is 1.90 bits per heavy atom. The molecular weight excluding hydrogens is 270 g/mol. The Morgan fingerprint density at radius 3 is 2.50 bits per heavy atom. The maximum Gasteiger partial charge on any atom is 0.240 e. The van der Waals surface area contributed by atoms with Gasteiger partial charge in [0.15, 0.2) is 0 Å². The minimum absolute atomic E-state index is 0.452. The summed E-state index contributed by atoms with van der Waals surface area (Å²) < 4.78 is 0. The summed E-state index contributed by atoms with van der Waals surface area (Å²) in [6, 6.07) is 2.04. The highest BCUT2D eigenvalue weighted by Crippen LogP contribution is 2.27. The second-order valence-electron chi connectivity index (χ2n) is 5.71. The maximum atomic E-state index is 5.43. The van der Waals surface area contributed by atoms with Gasteiger partial charge in [-0.2, -0.15) is 4.98 Å². The van der Waals surface area contributed by atoms with Crippen molar-refractivity contribution in [1.29, 1.82) is 0 Å². The van der Waals surface area contributed by atoms with Crippen LogP contribution in [-0.2, 0) is 0 Å². The largest absolute Gasteiger partial charge is 0.369 e. The zero-order chi connectivity index (χ0) is 14.7. The topological polar surface area (TPSA) is 75.9 Å². The molecule has 2 heterocycles. The third-order valence-corrected chi connectivity index (χ3v) is 4.48. The van der Waals surface area contributed by atoms with Crippen LogP contribution in [0.1, 0.15) is 27.7 Å². The van der Waals surface area contributed by atoms with Crippen LogP contribution in [0, 0.1) is 17.8 Å². The van der Waals surface area contributed by atoms with E-state index >= 15 is 0 Å². The molecule has 2 rings (SSSR count). The summed E-state index contributed by atoms with van der Waals surface area (Å²) in [5.74, 6) is 8.61. The molecule has 0 aliphatic carbocycles. The lowest BCUT2D eigenvalue weighted by Crippen LogP contribution is -2.25. The maximum absolute atomic E-state index is 5.43. The number of nitrogens with one attached hydrogen (secondary N) is 2. The lowest BCUT2D eigenvalue weighted by molar-refractivity contribution is 0.304. The highest BCUT2D eigenvalue weighted by Gasteiger charge is 2.18. The van der Waals surface area contributed by atoms with E-state index < -0.39 is 0 Å². The smallest absolute Gasteiger partial charge is 0.240 e. The second kappa shape index (κ2) is 6.37. The number of fused-ring (bicyclic) bond motifs is 1. The molecule has 0 unspecified atom stereocenters. The zero-order valence-corrected chi connectivity index (χ0v) is 13.3. The fourth-order valence-corrected chi connectivity index (χ4v) is 3.27. The number of nitrogen functional groups attached to an aromatic ring is 1. The molecule has 5 nitrogen and oxygen atoms in total. The number of anilines is 2. The molecule has 0 aliphatic heterocycles. The van der Waals surface area contributed by atoms with Crippen LogP contribution in [0.2, 0.25) is 0 Å². The first-order valence-corrected chi connectivity index (χ1v) is 7.86. The predicted octanol–water partition coefficient (Wildman–Crippen LogP) is 3.32. The van der Waals surface area contributed by atoms with Gasteiger partial charge in [-0.25, -0.2) is 10.8 Å². The number of hydrazine groups is 1. The van der Waals surface area contributed by atoms with Gasteiger partial charge in [0.25, 0.3) is 0 Å². The summed E-state index contributed by atoms with van der Waals surface area (Å²) in [4.78, 5) is 9.72. The lowest BCUT2D eigenvalue weighted by Gasteiger charge is -2.25. The van der Waals surface area contributed by atoms with Gasteiger partial charge in [0.1, 0.15) is 10.6 Å². The van der Waals surface area contributed by atoms with E-state index in [1.807, 2.05) is 11.4 Å². The summed E-state index contributed by atoms with van der Waals surface area (Å²) >= 11 is 1.59. The van der Waals surface area contributed by atoms with Crippen molar-refractivity contribution >= 4 is 33.3 Å². The molecule has 0 bridgehead atoms. The number of rotatable bonds is 6. The fourth-order valence-electron chi connectivity index (χ4n) is 2.51. The molecule has 0 atom stereocenters. The molecule has 0 saturated carbocycles. The van der Waals surface area contributed by atoms with Gasteiger partial charge in [0.05, 0.1) is 5.39 Å². The molecule has 0 radical (unpaired) electrons. The van der Waals surface area contributed by atoms with Crippen molar-refractivity contribution in [3.05, 3.63) is 11.4 Å². The van der Waals surface area contributed by atoms with Crippen LogP contribution in [0.4, 0.5) is 11.8 Å². The quantitative estimate of drug-likeness (QED) is 0.562. The van der Waals surface area contributed by atoms with E-state index in [4.69, 9.17) is 5.84 Å². The third kappa shape index (κ3) is 3.19. The first kappa shape index (κ1) is 15.0. The Labute approximate surface area is 124 Å². The van der Waals surface area contributed by atoms with Gasteiger partial charge >= 0.3 is 0 Å². The minimum atomic E-state index is 0.452. The highest BCUT2D eigenvalue weighted by molar-refractivity contribution is 7.16. The molecular formula is C14H23N5S. The average molecular weight is 293 g/mol. The van der Waals surface area contributed by atoms with Crippen molar-refractivity contribution in [2.45, 2.75) is 27.7 Å². The highest BCUT2D eigenvalue weighted by atomic mass is 32.1. The van der Waals surface area contributed by atoms with Gasteiger partial charge in [0, 0.05) is 6.54 Å². The Morgan fingerprint density at radius 1 is 1.20 bits per heavy atom. The summed E-state index contributed by atoms with van der Waals surface area (Å²) in [5.41, 5.74) is 2.53. The third-order valence-electron chi connectivity index (χ3n) is 3.67. The Bertz CT molecular complexity index is 556. The first-order chi connectivity index (χ1) is 9.52. The van der Waals surface area contributed by atoms with E-state index in [1.54, 1.807) is 11.3 Å². The Kier molecular flexibility index (Phi) is 4.77. The van der Waals surface area contributed by atoms with Crippen molar-refractivity contribution in [2.75, 3.05) is 17.3 Å². The molecule has 0 saturated heterocycles. The van der Waals surface area contributed by atoms with Crippen molar-refractivity contribution in [1.82, 2.24) is 9.97 Å². The molecule has 0 aliphatic rings. The Hall–Kier alpha value is -1.40. The molecule has 2 aromatic rings. The van der Waals surface area contributed by atoms with Crippen LogP contribution in [-0.4, -0.2) is 16.5 Å². The van der Waals surface area contributed by atoms with Crippen LogP contribution in [0.3, 0.4) is 0 Å². The molecule has 110 valence electrons. The lowest BCUT2D eigenvalue weighted by atomic mass is 9.85. The van der Waals surface area contributed by atoms with Crippen LogP contribution < -0.4 is 16.6 Å². The molecule has 2 aromatic heterocycles. The monoisotopic (exact) mass is 293 g/mol. The number of aromatic nitrogens is 2. The average Bonchev–Trinajstić information content (AvgIpc) is 2.85.